The molecule has 1 amide bonds. The Morgan fingerprint density at radius 2 is 2.21 bits per heavy atom. The number of amides is 1. The molecule has 6 heteroatoms. The van der Waals surface area contributed by atoms with Crippen LogP contribution in [-0.4, -0.2) is 28.8 Å². The van der Waals surface area contributed by atoms with E-state index in [-0.39, 0.29) is 24.6 Å². The van der Waals surface area contributed by atoms with Gasteiger partial charge in [0.1, 0.15) is 12.2 Å². The zero-order valence-corrected chi connectivity index (χ0v) is 10.6. The fourth-order valence-electron chi connectivity index (χ4n) is 1.64. The molecular formula is C13H17N3O3. The number of nitrogens with two attached hydrogens (primary N) is 1. The van der Waals surface area contributed by atoms with Crippen LogP contribution in [0.5, 0.6) is 0 Å². The molecule has 0 aromatic heterocycles. The van der Waals surface area contributed by atoms with Crippen molar-refractivity contribution in [3.63, 3.8) is 0 Å². The first-order valence-corrected chi connectivity index (χ1v) is 5.85. The smallest absolute Gasteiger partial charge is 0.216 e. The zero-order chi connectivity index (χ0) is 14.4. The van der Waals surface area contributed by atoms with E-state index in [2.05, 4.69) is 5.32 Å². The topological polar surface area (TPSA) is 119 Å². The van der Waals surface area contributed by atoms with Gasteiger partial charge in [-0.25, -0.2) is 0 Å². The normalized spacial score (nSPS) is 13.4. The fourth-order valence-corrected chi connectivity index (χ4v) is 1.64. The lowest BCUT2D eigenvalue weighted by Crippen LogP contribution is -2.27. The average Bonchev–Trinajstić information content (AvgIpc) is 2.37. The molecule has 6 nitrogen and oxygen atoms in total. The molecule has 0 spiro atoms. The monoisotopic (exact) mass is 263 g/mol. The van der Waals surface area contributed by atoms with Gasteiger partial charge in [0.2, 0.25) is 5.91 Å². The van der Waals surface area contributed by atoms with Crippen LogP contribution in [0.2, 0.25) is 0 Å². The summed E-state index contributed by atoms with van der Waals surface area (Å²) >= 11 is 0. The minimum Gasteiger partial charge on any atom is -0.398 e. The van der Waals surface area contributed by atoms with Crippen molar-refractivity contribution in [1.82, 2.24) is 5.32 Å². The number of carbonyl (C=O) groups is 1. The summed E-state index contributed by atoms with van der Waals surface area (Å²) in [6.45, 7) is 1.66. The summed E-state index contributed by atoms with van der Waals surface area (Å²) in [5, 5.41) is 31.0. The highest BCUT2D eigenvalue weighted by molar-refractivity contribution is 5.72. The number of aliphatic hydroxyl groups excluding tert-OH is 2. The molecule has 2 unspecified atom stereocenters. The third-order valence-corrected chi connectivity index (χ3v) is 2.72. The van der Waals surface area contributed by atoms with Crippen molar-refractivity contribution in [1.29, 1.82) is 5.26 Å². The van der Waals surface area contributed by atoms with E-state index in [0.29, 0.717) is 11.1 Å². The van der Waals surface area contributed by atoms with Gasteiger partial charge in [-0.2, -0.15) is 5.26 Å². The van der Waals surface area contributed by atoms with Crippen molar-refractivity contribution in [2.75, 3.05) is 12.3 Å². The van der Waals surface area contributed by atoms with Crippen LogP contribution in [-0.2, 0) is 4.79 Å². The van der Waals surface area contributed by atoms with Crippen LogP contribution < -0.4 is 11.1 Å². The second-order valence-corrected chi connectivity index (χ2v) is 4.24. The van der Waals surface area contributed by atoms with E-state index in [1.165, 1.54) is 19.1 Å². The number of anilines is 1. The Morgan fingerprint density at radius 1 is 1.53 bits per heavy atom. The van der Waals surface area contributed by atoms with E-state index in [9.17, 15) is 15.0 Å². The van der Waals surface area contributed by atoms with Crippen LogP contribution in [0, 0.1) is 11.3 Å². The Morgan fingerprint density at radius 3 is 2.74 bits per heavy atom. The molecular weight excluding hydrogens is 246 g/mol. The maximum atomic E-state index is 10.7. The molecule has 5 N–H and O–H groups in total. The number of rotatable bonds is 5. The maximum absolute atomic E-state index is 10.7. The lowest BCUT2D eigenvalue weighted by Gasteiger charge is -2.18. The summed E-state index contributed by atoms with van der Waals surface area (Å²) in [5.41, 5.74) is 6.65. The SMILES string of the molecule is CC(=O)NCCC(O)C(O)c1ccc(C#N)c(N)c1. The second kappa shape index (κ2) is 6.73. The molecule has 0 saturated carbocycles. The number of nitrogen functional groups attached to an aromatic ring is 1. The Balaban J connectivity index is 2.66. The first kappa shape index (κ1) is 15.0. The number of hydrogen-bond donors (Lipinski definition) is 4. The molecule has 0 aliphatic heterocycles. The standard InChI is InChI=1S/C13H17N3O3/c1-8(17)16-5-4-12(18)13(19)9-2-3-10(7-14)11(15)6-9/h2-3,6,12-13,18-19H,4-5,15H2,1H3,(H,16,17). The Hall–Kier alpha value is -2.10. The predicted octanol–water partition coefficient (Wildman–Crippen LogP) is 0.0610. The number of nitrogens with one attached hydrogen (secondary N) is 1. The van der Waals surface area contributed by atoms with Gasteiger partial charge in [0.05, 0.1) is 11.7 Å². The average molecular weight is 263 g/mol. The molecule has 0 saturated heterocycles. The summed E-state index contributed by atoms with van der Waals surface area (Å²) in [7, 11) is 0. The first-order chi connectivity index (χ1) is 8.95. The van der Waals surface area contributed by atoms with Gasteiger partial charge in [-0.3, -0.25) is 4.79 Å². The van der Waals surface area contributed by atoms with E-state index in [1.54, 1.807) is 6.07 Å². The molecule has 1 aromatic carbocycles. The lowest BCUT2D eigenvalue weighted by molar-refractivity contribution is -0.119. The Kier molecular flexibility index (Phi) is 5.30. The summed E-state index contributed by atoms with van der Waals surface area (Å²) in [6.07, 6.45) is -1.90. The van der Waals surface area contributed by atoms with Crippen molar-refractivity contribution < 1.29 is 15.0 Å². The zero-order valence-electron chi connectivity index (χ0n) is 10.6. The third kappa shape index (κ3) is 4.25. The van der Waals surface area contributed by atoms with Crippen LogP contribution in [0.25, 0.3) is 0 Å². The van der Waals surface area contributed by atoms with Gasteiger partial charge in [0.15, 0.2) is 0 Å². The molecule has 19 heavy (non-hydrogen) atoms. The minimum atomic E-state index is -1.11. The van der Waals surface area contributed by atoms with Crippen molar-refractivity contribution in [3.05, 3.63) is 29.3 Å². The fraction of sp³-hybridized carbons (Fsp3) is 0.385. The number of benzene rings is 1. The van der Waals surface area contributed by atoms with Gasteiger partial charge in [0, 0.05) is 19.2 Å². The van der Waals surface area contributed by atoms with Gasteiger partial charge in [-0.1, -0.05) is 6.07 Å². The summed E-state index contributed by atoms with van der Waals surface area (Å²) < 4.78 is 0. The largest absolute Gasteiger partial charge is 0.398 e. The maximum Gasteiger partial charge on any atom is 0.216 e. The minimum absolute atomic E-state index is 0.190. The van der Waals surface area contributed by atoms with Crippen LogP contribution in [0.1, 0.15) is 30.6 Å². The van der Waals surface area contributed by atoms with E-state index >= 15 is 0 Å². The van der Waals surface area contributed by atoms with Crippen LogP contribution in [0.15, 0.2) is 18.2 Å². The van der Waals surface area contributed by atoms with Crippen molar-refractivity contribution >= 4 is 11.6 Å². The highest BCUT2D eigenvalue weighted by Gasteiger charge is 2.18. The molecule has 1 rings (SSSR count). The van der Waals surface area contributed by atoms with Gasteiger partial charge in [0.25, 0.3) is 0 Å². The van der Waals surface area contributed by atoms with Crippen LogP contribution >= 0.6 is 0 Å². The highest BCUT2D eigenvalue weighted by Crippen LogP contribution is 2.22. The number of aliphatic hydroxyl groups is 2. The lowest BCUT2D eigenvalue weighted by atomic mass is 10.00. The quantitative estimate of drug-likeness (QED) is 0.560. The van der Waals surface area contributed by atoms with Crippen molar-refractivity contribution in [2.24, 2.45) is 0 Å². The molecule has 0 aliphatic carbocycles. The van der Waals surface area contributed by atoms with E-state index in [1.807, 2.05) is 6.07 Å². The summed E-state index contributed by atoms with van der Waals surface area (Å²) in [5.74, 6) is -0.190. The third-order valence-electron chi connectivity index (χ3n) is 2.72. The van der Waals surface area contributed by atoms with Crippen molar-refractivity contribution in [2.45, 2.75) is 25.6 Å². The van der Waals surface area contributed by atoms with Gasteiger partial charge in [-0.15, -0.1) is 0 Å². The molecule has 0 radical (unpaired) electrons. The molecule has 1 aromatic rings. The molecule has 102 valence electrons. The molecule has 0 heterocycles. The number of nitriles is 1. The van der Waals surface area contributed by atoms with Gasteiger partial charge in [-0.05, 0) is 24.1 Å². The van der Waals surface area contributed by atoms with Crippen LogP contribution in [0.3, 0.4) is 0 Å². The van der Waals surface area contributed by atoms with Gasteiger partial charge < -0.3 is 21.3 Å². The molecule has 2 atom stereocenters. The van der Waals surface area contributed by atoms with E-state index in [0.717, 1.165) is 0 Å². The highest BCUT2D eigenvalue weighted by atomic mass is 16.3. The second-order valence-electron chi connectivity index (χ2n) is 4.24. The first-order valence-electron chi connectivity index (χ1n) is 5.85. The van der Waals surface area contributed by atoms with Crippen molar-refractivity contribution in [3.8, 4) is 6.07 Å². The Bertz CT molecular complexity index is 496. The number of nitrogens with zero attached hydrogens (tertiary/aromatic N) is 1. The Labute approximate surface area is 111 Å². The summed E-state index contributed by atoms with van der Waals surface area (Å²) in [6, 6.07) is 6.42. The molecule has 0 fully saturated rings. The van der Waals surface area contributed by atoms with Crippen LogP contribution in [0.4, 0.5) is 5.69 Å². The summed E-state index contributed by atoms with van der Waals surface area (Å²) in [4.78, 5) is 10.7. The number of hydrogen-bond acceptors (Lipinski definition) is 5. The molecule has 0 bridgehead atoms. The predicted molar refractivity (Wildman–Crippen MR) is 69.8 cm³/mol. The number of carbonyl (C=O) groups excluding carboxylic acids is 1. The van der Waals surface area contributed by atoms with E-state index in [4.69, 9.17) is 11.0 Å². The van der Waals surface area contributed by atoms with Gasteiger partial charge >= 0.3 is 0 Å². The molecule has 0 aliphatic rings. The van der Waals surface area contributed by atoms with E-state index < -0.39 is 12.2 Å².